The van der Waals surface area contributed by atoms with E-state index in [-0.39, 0.29) is 0 Å². The van der Waals surface area contributed by atoms with E-state index in [0.717, 1.165) is 27.6 Å². The van der Waals surface area contributed by atoms with Crippen molar-refractivity contribution in [2.24, 2.45) is 0 Å². The Morgan fingerprint density at radius 1 is 1.50 bits per heavy atom. The Morgan fingerprint density at radius 2 is 2.33 bits per heavy atom. The molecule has 2 aromatic rings. The molecule has 0 spiro atoms. The number of nitrogens with one attached hydrogen (secondary N) is 1. The second-order valence-corrected chi connectivity index (χ2v) is 3.13. The molecule has 3 nitrogen and oxygen atoms in total. The summed E-state index contributed by atoms with van der Waals surface area (Å²) >= 11 is 3.38. The Bertz CT molecular complexity index is 408. The van der Waals surface area contributed by atoms with Crippen molar-refractivity contribution in [3.05, 3.63) is 24.0 Å². The summed E-state index contributed by atoms with van der Waals surface area (Å²) in [5, 5.41) is 0.737. The summed E-state index contributed by atoms with van der Waals surface area (Å²) in [5.74, 6) is 0. The van der Waals surface area contributed by atoms with E-state index in [1.165, 1.54) is 0 Å². The lowest BCUT2D eigenvalue weighted by molar-refractivity contribution is 1.33. The molecule has 4 heteroatoms. The highest BCUT2D eigenvalue weighted by molar-refractivity contribution is 9.08. The van der Waals surface area contributed by atoms with Crippen LogP contribution in [0.5, 0.6) is 0 Å². The van der Waals surface area contributed by atoms with Crippen LogP contribution in [0.15, 0.2) is 18.5 Å². The van der Waals surface area contributed by atoms with Gasteiger partial charge in [0.25, 0.3) is 0 Å². The van der Waals surface area contributed by atoms with Crippen molar-refractivity contribution >= 4 is 32.7 Å². The van der Waals surface area contributed by atoms with Gasteiger partial charge in [-0.3, -0.25) is 0 Å². The predicted molar refractivity (Wildman–Crippen MR) is 53.1 cm³/mol. The number of imidazole rings is 1. The number of nitrogens with two attached hydrogens (primary N) is 1. The fourth-order valence-electron chi connectivity index (χ4n) is 1.22. The van der Waals surface area contributed by atoms with Crippen LogP contribution in [0.3, 0.4) is 0 Å². The van der Waals surface area contributed by atoms with Crippen molar-refractivity contribution in [2.45, 2.75) is 5.33 Å². The zero-order chi connectivity index (χ0) is 8.55. The lowest BCUT2D eigenvalue weighted by atomic mass is 10.2. The van der Waals surface area contributed by atoms with Crippen molar-refractivity contribution in [3.63, 3.8) is 0 Å². The molecular weight excluding hydrogens is 218 g/mol. The number of benzene rings is 1. The first-order chi connectivity index (χ1) is 5.83. The largest absolute Gasteiger partial charge is 0.398 e. The summed E-state index contributed by atoms with van der Waals surface area (Å²) in [5.41, 5.74) is 9.58. The van der Waals surface area contributed by atoms with E-state index >= 15 is 0 Å². The number of halogens is 1. The van der Waals surface area contributed by atoms with Gasteiger partial charge in [-0.15, -0.1) is 0 Å². The summed E-state index contributed by atoms with van der Waals surface area (Å²) in [4.78, 5) is 7.22. The van der Waals surface area contributed by atoms with Gasteiger partial charge in [0.05, 0.1) is 17.4 Å². The second-order valence-electron chi connectivity index (χ2n) is 2.57. The molecule has 0 fully saturated rings. The number of hydrogen-bond donors (Lipinski definition) is 2. The van der Waals surface area contributed by atoms with Crippen LogP contribution in [-0.4, -0.2) is 9.97 Å². The number of H-pyrrole nitrogens is 1. The number of alkyl halides is 1. The molecule has 1 heterocycles. The first-order valence-corrected chi connectivity index (χ1v) is 4.71. The highest BCUT2D eigenvalue weighted by Gasteiger charge is 2.05. The third-order valence-corrected chi connectivity index (χ3v) is 2.43. The van der Waals surface area contributed by atoms with Crippen molar-refractivity contribution in [1.29, 1.82) is 0 Å². The third kappa shape index (κ3) is 0.992. The first-order valence-electron chi connectivity index (χ1n) is 3.59. The number of aromatic amines is 1. The van der Waals surface area contributed by atoms with Crippen LogP contribution in [-0.2, 0) is 5.33 Å². The van der Waals surface area contributed by atoms with Crippen LogP contribution in [0, 0.1) is 0 Å². The van der Waals surface area contributed by atoms with E-state index in [9.17, 15) is 0 Å². The average molecular weight is 226 g/mol. The zero-order valence-corrected chi connectivity index (χ0v) is 7.93. The third-order valence-electron chi connectivity index (χ3n) is 1.87. The number of nitrogen functional groups attached to an aromatic ring is 1. The van der Waals surface area contributed by atoms with Crippen molar-refractivity contribution in [3.8, 4) is 0 Å². The van der Waals surface area contributed by atoms with E-state index in [4.69, 9.17) is 5.73 Å². The minimum atomic E-state index is 0.737. The molecule has 0 radical (unpaired) electrons. The topological polar surface area (TPSA) is 54.7 Å². The fraction of sp³-hybridized carbons (Fsp3) is 0.125. The molecule has 0 saturated carbocycles. The van der Waals surface area contributed by atoms with Crippen molar-refractivity contribution in [1.82, 2.24) is 9.97 Å². The number of nitrogens with zero attached hydrogens (tertiary/aromatic N) is 1. The minimum absolute atomic E-state index is 0.737. The summed E-state index contributed by atoms with van der Waals surface area (Å²) in [7, 11) is 0. The zero-order valence-electron chi connectivity index (χ0n) is 6.34. The first kappa shape index (κ1) is 7.61. The SMILES string of the molecule is Nc1ccc2[nH]cnc2c1CBr. The quantitative estimate of drug-likeness (QED) is 0.577. The Kier molecular flexibility index (Phi) is 1.77. The van der Waals surface area contributed by atoms with Crippen LogP contribution in [0.1, 0.15) is 5.56 Å². The molecule has 0 aliphatic rings. The van der Waals surface area contributed by atoms with Gasteiger partial charge in [-0.1, -0.05) is 15.9 Å². The van der Waals surface area contributed by atoms with E-state index in [0.29, 0.717) is 0 Å². The van der Waals surface area contributed by atoms with E-state index in [1.54, 1.807) is 6.33 Å². The number of fused-ring (bicyclic) bond motifs is 1. The summed E-state index contributed by atoms with van der Waals surface area (Å²) < 4.78 is 0. The lowest BCUT2D eigenvalue weighted by Gasteiger charge is -2.01. The van der Waals surface area contributed by atoms with Gasteiger partial charge in [-0.25, -0.2) is 4.98 Å². The maximum Gasteiger partial charge on any atom is 0.0943 e. The summed E-state index contributed by atoms with van der Waals surface area (Å²) in [6.45, 7) is 0. The Hall–Kier alpha value is -1.03. The molecular formula is C8H8BrN3. The standard InChI is InChI=1S/C8H8BrN3/c9-3-5-6(10)1-2-7-8(5)12-4-11-7/h1-2,4H,3,10H2,(H,11,12). The van der Waals surface area contributed by atoms with Gasteiger partial charge in [0.15, 0.2) is 0 Å². The average Bonchev–Trinajstić information content (AvgIpc) is 2.52. The Balaban J connectivity index is 2.83. The molecule has 0 saturated heterocycles. The smallest absolute Gasteiger partial charge is 0.0943 e. The van der Waals surface area contributed by atoms with Crippen molar-refractivity contribution < 1.29 is 0 Å². The van der Waals surface area contributed by atoms with Gasteiger partial charge in [-0.2, -0.15) is 0 Å². The maximum absolute atomic E-state index is 5.77. The molecule has 1 aromatic heterocycles. The Morgan fingerprint density at radius 3 is 3.08 bits per heavy atom. The van der Waals surface area contributed by atoms with E-state index in [1.807, 2.05) is 12.1 Å². The molecule has 0 aliphatic heterocycles. The molecule has 2 rings (SSSR count). The normalized spacial score (nSPS) is 10.8. The highest BCUT2D eigenvalue weighted by atomic mass is 79.9. The molecule has 3 N–H and O–H groups in total. The van der Waals surface area contributed by atoms with E-state index < -0.39 is 0 Å². The minimum Gasteiger partial charge on any atom is -0.398 e. The molecule has 0 atom stereocenters. The molecule has 0 unspecified atom stereocenters. The van der Waals surface area contributed by atoms with Crippen LogP contribution >= 0.6 is 15.9 Å². The second kappa shape index (κ2) is 2.79. The Labute approximate surface area is 78.1 Å². The number of hydrogen-bond acceptors (Lipinski definition) is 2. The summed E-state index contributed by atoms with van der Waals surface area (Å²) in [6, 6.07) is 3.82. The molecule has 1 aromatic carbocycles. The molecule has 12 heavy (non-hydrogen) atoms. The van der Waals surface area contributed by atoms with Crippen LogP contribution < -0.4 is 5.73 Å². The molecule has 0 aliphatic carbocycles. The monoisotopic (exact) mass is 225 g/mol. The van der Waals surface area contributed by atoms with Gasteiger partial charge in [0, 0.05) is 16.6 Å². The van der Waals surface area contributed by atoms with E-state index in [2.05, 4.69) is 25.9 Å². The number of anilines is 1. The maximum atomic E-state index is 5.77. The number of rotatable bonds is 1. The van der Waals surface area contributed by atoms with Crippen LogP contribution in [0.4, 0.5) is 5.69 Å². The van der Waals surface area contributed by atoms with Crippen molar-refractivity contribution in [2.75, 3.05) is 5.73 Å². The lowest BCUT2D eigenvalue weighted by Crippen LogP contribution is -1.92. The van der Waals surface area contributed by atoms with Gasteiger partial charge in [0.2, 0.25) is 0 Å². The number of aromatic nitrogens is 2. The summed E-state index contributed by atoms with van der Waals surface area (Å²) in [6.07, 6.45) is 1.68. The van der Waals surface area contributed by atoms with Gasteiger partial charge >= 0.3 is 0 Å². The highest BCUT2D eigenvalue weighted by Crippen LogP contribution is 2.23. The molecule has 62 valence electrons. The molecule has 0 bridgehead atoms. The fourth-order valence-corrected chi connectivity index (χ4v) is 1.81. The molecule has 0 amide bonds. The van der Waals surface area contributed by atoms with Crippen LogP contribution in [0.25, 0.3) is 11.0 Å². The predicted octanol–water partition coefficient (Wildman–Crippen LogP) is 2.04. The van der Waals surface area contributed by atoms with Gasteiger partial charge < -0.3 is 10.7 Å². The van der Waals surface area contributed by atoms with Crippen LogP contribution in [0.2, 0.25) is 0 Å². The van der Waals surface area contributed by atoms with Gasteiger partial charge in [-0.05, 0) is 12.1 Å². The van der Waals surface area contributed by atoms with Gasteiger partial charge in [0.1, 0.15) is 0 Å².